The summed E-state index contributed by atoms with van der Waals surface area (Å²) in [6, 6.07) is 83.8. The van der Waals surface area contributed by atoms with Gasteiger partial charge in [0.25, 0.3) is 0 Å². The van der Waals surface area contributed by atoms with Gasteiger partial charge in [0.15, 0.2) is 17.5 Å². The molecular weight excluding hydrogens is 937 g/mol. The zero-order valence-electron chi connectivity index (χ0n) is 44.1. The first kappa shape index (κ1) is 46.2. The molecule has 0 saturated heterocycles. The standard InChI is InChI=1S/C71H56N6/c1-70(2,3)50-37-39-62-56(43-50)57-44-51(71(4,5)6)38-40-63(57)77(62)66-64(75-58-29-17-13-25-52(58)53-26-14-18-30-59(53)75)41-49(42-65(66)76-60-31-19-15-27-54(60)55-28-16-20-32-61(55)76)45-33-35-48(36-34-45)69-73-67(46-21-9-7-10-22-46)72-68(74-69)47-23-11-8-12-24-47/h7-44H,1-6H3. The summed E-state index contributed by atoms with van der Waals surface area (Å²) < 4.78 is 7.60. The average Bonchev–Trinajstić information content (AvgIpc) is 4.21. The summed E-state index contributed by atoms with van der Waals surface area (Å²) >= 11 is 0. The zero-order chi connectivity index (χ0) is 52.2. The Morgan fingerprint density at radius 3 is 0.935 bits per heavy atom. The lowest BCUT2D eigenvalue weighted by atomic mass is 9.85. The van der Waals surface area contributed by atoms with Crippen LogP contribution in [0.4, 0.5) is 0 Å². The van der Waals surface area contributed by atoms with Crippen LogP contribution in [0.3, 0.4) is 0 Å². The van der Waals surface area contributed by atoms with Crippen LogP contribution in [0, 0.1) is 0 Å². The normalized spacial score (nSPS) is 12.3. The summed E-state index contributed by atoms with van der Waals surface area (Å²) in [4.78, 5) is 15.2. The van der Waals surface area contributed by atoms with E-state index < -0.39 is 0 Å². The maximum Gasteiger partial charge on any atom is 0.164 e. The van der Waals surface area contributed by atoms with Crippen molar-refractivity contribution in [1.82, 2.24) is 28.7 Å². The van der Waals surface area contributed by atoms with E-state index in [1.54, 1.807) is 0 Å². The van der Waals surface area contributed by atoms with Gasteiger partial charge in [-0.2, -0.15) is 0 Å². The smallest absolute Gasteiger partial charge is 0.164 e. The van der Waals surface area contributed by atoms with E-state index in [9.17, 15) is 0 Å². The van der Waals surface area contributed by atoms with Crippen LogP contribution in [0.15, 0.2) is 231 Å². The highest BCUT2D eigenvalue weighted by molar-refractivity contribution is 6.14. The largest absolute Gasteiger partial charge is 0.307 e. The van der Waals surface area contributed by atoms with Gasteiger partial charge in [-0.05, 0) is 93.7 Å². The van der Waals surface area contributed by atoms with Gasteiger partial charge in [0.2, 0.25) is 0 Å². The second kappa shape index (κ2) is 17.6. The number of aromatic nitrogens is 6. The molecule has 0 amide bonds. The van der Waals surface area contributed by atoms with E-state index in [1.165, 1.54) is 43.4 Å². The van der Waals surface area contributed by atoms with Crippen molar-refractivity contribution >= 4 is 65.4 Å². The highest BCUT2D eigenvalue weighted by atomic mass is 15.1. The molecule has 0 radical (unpaired) electrons. The molecule has 0 unspecified atom stereocenters. The SMILES string of the molecule is CC(C)(C)c1ccc2c(c1)c1cc(C(C)(C)C)ccc1n2-c1c(-n2c3ccccc3c3ccccc32)cc(-c2ccc(-c3nc(-c4ccccc4)nc(-c4ccccc4)n3)cc2)cc1-n1c2ccccc2c2ccccc21. The van der Waals surface area contributed by atoms with E-state index in [0.29, 0.717) is 17.5 Å². The molecule has 0 bridgehead atoms. The molecule has 0 aliphatic rings. The highest BCUT2D eigenvalue weighted by Gasteiger charge is 2.28. The first-order chi connectivity index (χ1) is 37.5. The molecule has 0 atom stereocenters. The lowest BCUT2D eigenvalue weighted by molar-refractivity contribution is 0.590. The molecule has 0 spiro atoms. The van der Waals surface area contributed by atoms with Crippen LogP contribution in [-0.4, -0.2) is 28.7 Å². The van der Waals surface area contributed by atoms with Crippen molar-refractivity contribution in [3.05, 3.63) is 242 Å². The van der Waals surface area contributed by atoms with Crippen molar-refractivity contribution in [2.24, 2.45) is 0 Å². The minimum Gasteiger partial charge on any atom is -0.307 e. The molecule has 0 saturated carbocycles. The molecule has 0 N–H and O–H groups in total. The van der Waals surface area contributed by atoms with Gasteiger partial charge in [0.1, 0.15) is 0 Å². The Bertz CT molecular complexity index is 4250. The van der Waals surface area contributed by atoms with Crippen molar-refractivity contribution in [3.8, 4) is 62.4 Å². The molecule has 77 heavy (non-hydrogen) atoms. The van der Waals surface area contributed by atoms with E-state index in [4.69, 9.17) is 15.0 Å². The molecule has 6 heteroatoms. The lowest BCUT2D eigenvalue weighted by Gasteiger charge is -2.24. The quantitative estimate of drug-likeness (QED) is 0.160. The number of hydrogen-bond donors (Lipinski definition) is 0. The zero-order valence-corrected chi connectivity index (χ0v) is 44.1. The van der Waals surface area contributed by atoms with Gasteiger partial charge in [-0.3, -0.25) is 0 Å². The molecule has 10 aromatic carbocycles. The summed E-state index contributed by atoms with van der Waals surface area (Å²) in [7, 11) is 0. The first-order valence-corrected chi connectivity index (χ1v) is 26.7. The van der Waals surface area contributed by atoms with Crippen LogP contribution in [0.25, 0.3) is 128 Å². The van der Waals surface area contributed by atoms with Gasteiger partial charge in [-0.25, -0.2) is 15.0 Å². The summed E-state index contributed by atoms with van der Waals surface area (Å²) in [6.07, 6.45) is 0. The Morgan fingerprint density at radius 2 is 0.571 bits per heavy atom. The minimum atomic E-state index is -0.0540. The third-order valence-corrected chi connectivity index (χ3v) is 15.6. The van der Waals surface area contributed by atoms with E-state index in [0.717, 1.165) is 78.0 Å². The highest BCUT2D eigenvalue weighted by Crippen LogP contribution is 2.46. The second-order valence-corrected chi connectivity index (χ2v) is 22.5. The van der Waals surface area contributed by atoms with E-state index in [2.05, 4.69) is 249 Å². The number of nitrogens with zero attached hydrogens (tertiary/aromatic N) is 6. The lowest BCUT2D eigenvalue weighted by Crippen LogP contribution is -2.11. The van der Waals surface area contributed by atoms with E-state index in [-0.39, 0.29) is 10.8 Å². The van der Waals surface area contributed by atoms with E-state index in [1.807, 2.05) is 36.4 Å². The minimum absolute atomic E-state index is 0.0540. The molecule has 0 aliphatic carbocycles. The second-order valence-electron chi connectivity index (χ2n) is 22.5. The fourth-order valence-electron chi connectivity index (χ4n) is 11.7. The third kappa shape index (κ3) is 7.65. The average molecular weight is 993 g/mol. The number of rotatable bonds is 7. The summed E-state index contributed by atoms with van der Waals surface area (Å²) in [6.45, 7) is 13.9. The predicted octanol–water partition coefficient (Wildman–Crippen LogP) is 18.4. The van der Waals surface area contributed by atoms with Crippen molar-refractivity contribution < 1.29 is 0 Å². The number of fused-ring (bicyclic) bond motifs is 9. The van der Waals surface area contributed by atoms with Gasteiger partial charge < -0.3 is 13.7 Å². The van der Waals surface area contributed by atoms with Crippen LogP contribution in [-0.2, 0) is 10.8 Å². The Kier molecular flexibility index (Phi) is 10.6. The van der Waals surface area contributed by atoms with Gasteiger partial charge in [-0.1, -0.05) is 211 Å². The summed E-state index contributed by atoms with van der Waals surface area (Å²) in [5, 5.41) is 7.30. The van der Waals surface area contributed by atoms with Crippen molar-refractivity contribution in [2.45, 2.75) is 52.4 Å². The Balaban J connectivity index is 1.11. The molecule has 4 aromatic heterocycles. The molecular formula is C71H56N6. The maximum absolute atomic E-state index is 5.11. The van der Waals surface area contributed by atoms with Gasteiger partial charge in [0, 0.05) is 49.0 Å². The number of hydrogen-bond acceptors (Lipinski definition) is 3. The van der Waals surface area contributed by atoms with Crippen LogP contribution in [0.5, 0.6) is 0 Å². The fraction of sp³-hybridized carbons (Fsp3) is 0.113. The number of para-hydroxylation sites is 4. The van der Waals surface area contributed by atoms with E-state index >= 15 is 0 Å². The topological polar surface area (TPSA) is 53.5 Å². The molecule has 0 fully saturated rings. The van der Waals surface area contributed by atoms with Gasteiger partial charge >= 0.3 is 0 Å². The molecule has 4 heterocycles. The van der Waals surface area contributed by atoms with Crippen LogP contribution in [0.1, 0.15) is 52.7 Å². The molecule has 14 rings (SSSR count). The summed E-state index contributed by atoms with van der Waals surface area (Å²) in [5.41, 5.74) is 17.5. The first-order valence-electron chi connectivity index (χ1n) is 26.7. The predicted molar refractivity (Wildman–Crippen MR) is 322 cm³/mol. The Hall–Kier alpha value is -9.39. The van der Waals surface area contributed by atoms with Crippen molar-refractivity contribution in [3.63, 3.8) is 0 Å². The maximum atomic E-state index is 5.11. The fourth-order valence-corrected chi connectivity index (χ4v) is 11.7. The molecule has 0 aliphatic heterocycles. The Morgan fingerprint density at radius 1 is 0.260 bits per heavy atom. The van der Waals surface area contributed by atoms with Crippen LogP contribution < -0.4 is 0 Å². The van der Waals surface area contributed by atoms with Crippen LogP contribution in [0.2, 0.25) is 0 Å². The van der Waals surface area contributed by atoms with Crippen LogP contribution >= 0.6 is 0 Å². The van der Waals surface area contributed by atoms with Gasteiger partial charge in [0.05, 0.1) is 50.2 Å². The van der Waals surface area contributed by atoms with Crippen molar-refractivity contribution in [2.75, 3.05) is 0 Å². The molecule has 14 aromatic rings. The molecule has 6 nitrogen and oxygen atoms in total. The van der Waals surface area contributed by atoms with Gasteiger partial charge in [-0.15, -0.1) is 0 Å². The number of benzene rings is 10. The molecule has 370 valence electrons. The monoisotopic (exact) mass is 992 g/mol. The van der Waals surface area contributed by atoms with Crippen molar-refractivity contribution in [1.29, 1.82) is 0 Å². The summed E-state index contributed by atoms with van der Waals surface area (Å²) in [5.74, 6) is 1.89. The Labute approximate surface area is 448 Å². The third-order valence-electron chi connectivity index (χ3n) is 15.6.